The molecule has 108 valence electrons. The summed E-state index contributed by atoms with van der Waals surface area (Å²) >= 11 is 7.35. The second-order valence-corrected chi connectivity index (χ2v) is 5.60. The Kier molecular flexibility index (Phi) is 3.57. The first-order valence-electron chi connectivity index (χ1n) is 6.25. The van der Waals surface area contributed by atoms with E-state index in [9.17, 15) is 10.2 Å². The van der Waals surface area contributed by atoms with Gasteiger partial charge in [0, 0.05) is 11.6 Å². The second-order valence-electron chi connectivity index (χ2n) is 4.66. The molecule has 2 aromatic carbocycles. The van der Waals surface area contributed by atoms with Gasteiger partial charge in [-0.15, -0.1) is 0 Å². The second kappa shape index (κ2) is 5.38. The number of nitrogens with one attached hydrogen (secondary N) is 1. The highest BCUT2D eigenvalue weighted by molar-refractivity contribution is 7.00. The number of hydrogen-bond donors (Lipinski definition) is 3. The minimum Gasteiger partial charge on any atom is -0.508 e. The molecule has 3 aromatic rings. The van der Waals surface area contributed by atoms with Crippen LogP contribution in [0.3, 0.4) is 0 Å². The van der Waals surface area contributed by atoms with E-state index in [0.717, 1.165) is 17.2 Å². The van der Waals surface area contributed by atoms with Gasteiger partial charge in [-0.25, -0.2) is 0 Å². The molecule has 0 amide bonds. The Morgan fingerprint density at radius 3 is 2.76 bits per heavy atom. The molecule has 0 aliphatic heterocycles. The molecule has 7 heteroatoms. The molecular weight excluding hydrogens is 310 g/mol. The van der Waals surface area contributed by atoms with Crippen LogP contribution in [0.15, 0.2) is 30.3 Å². The van der Waals surface area contributed by atoms with Gasteiger partial charge in [0.05, 0.1) is 28.5 Å². The van der Waals surface area contributed by atoms with Crippen molar-refractivity contribution in [2.24, 2.45) is 0 Å². The van der Waals surface area contributed by atoms with E-state index in [0.29, 0.717) is 21.8 Å². The Morgan fingerprint density at radius 1 is 1.19 bits per heavy atom. The van der Waals surface area contributed by atoms with Gasteiger partial charge in [-0.2, -0.15) is 8.75 Å². The van der Waals surface area contributed by atoms with Crippen LogP contribution in [-0.2, 0) is 0 Å². The van der Waals surface area contributed by atoms with Gasteiger partial charge >= 0.3 is 0 Å². The fourth-order valence-corrected chi connectivity index (χ4v) is 2.91. The topological polar surface area (TPSA) is 78.3 Å². The summed E-state index contributed by atoms with van der Waals surface area (Å²) in [5, 5.41) is 23.1. The Balaban J connectivity index is 1.98. The zero-order valence-electron chi connectivity index (χ0n) is 11.0. The summed E-state index contributed by atoms with van der Waals surface area (Å²) in [6.45, 7) is 1.89. The third-order valence-electron chi connectivity index (χ3n) is 3.22. The number of anilines is 1. The lowest BCUT2D eigenvalue weighted by Gasteiger charge is -2.18. The maximum atomic E-state index is 9.92. The van der Waals surface area contributed by atoms with Crippen LogP contribution < -0.4 is 5.32 Å². The van der Waals surface area contributed by atoms with E-state index in [4.69, 9.17) is 11.6 Å². The van der Waals surface area contributed by atoms with Crippen molar-refractivity contribution in [3.8, 4) is 11.5 Å². The standard InChI is InChI=1S/C14H12ClN3O2S/c1-7(9-3-2-8(19)6-12(9)20)16-13-10(15)4-5-11-14(13)18-21-17-11/h2-7,16,19-20H,1H3. The largest absolute Gasteiger partial charge is 0.508 e. The summed E-state index contributed by atoms with van der Waals surface area (Å²) in [7, 11) is 0. The first kappa shape index (κ1) is 13.9. The van der Waals surface area contributed by atoms with Crippen LogP contribution in [0.5, 0.6) is 11.5 Å². The summed E-state index contributed by atoms with van der Waals surface area (Å²) < 4.78 is 8.42. The summed E-state index contributed by atoms with van der Waals surface area (Å²) in [4.78, 5) is 0. The van der Waals surface area contributed by atoms with Gasteiger partial charge in [0.2, 0.25) is 0 Å². The van der Waals surface area contributed by atoms with Gasteiger partial charge < -0.3 is 15.5 Å². The van der Waals surface area contributed by atoms with E-state index >= 15 is 0 Å². The van der Waals surface area contributed by atoms with Gasteiger partial charge in [0.15, 0.2) is 0 Å². The normalized spacial score (nSPS) is 12.5. The molecule has 0 radical (unpaired) electrons. The molecule has 1 heterocycles. The number of rotatable bonds is 3. The van der Waals surface area contributed by atoms with Crippen molar-refractivity contribution in [3.63, 3.8) is 0 Å². The van der Waals surface area contributed by atoms with Crippen LogP contribution >= 0.6 is 23.3 Å². The highest BCUT2D eigenvalue weighted by atomic mass is 35.5. The number of nitrogens with zero attached hydrogens (tertiary/aromatic N) is 2. The van der Waals surface area contributed by atoms with Crippen LogP contribution in [-0.4, -0.2) is 19.0 Å². The van der Waals surface area contributed by atoms with E-state index < -0.39 is 0 Å². The molecular formula is C14H12ClN3O2S. The van der Waals surface area contributed by atoms with E-state index in [1.54, 1.807) is 12.1 Å². The Bertz CT molecular complexity index is 806. The zero-order valence-corrected chi connectivity index (χ0v) is 12.6. The van der Waals surface area contributed by atoms with E-state index in [1.807, 2.05) is 13.0 Å². The van der Waals surface area contributed by atoms with Gasteiger partial charge in [0.1, 0.15) is 22.5 Å². The molecule has 21 heavy (non-hydrogen) atoms. The summed E-state index contributed by atoms with van der Waals surface area (Å²) in [6.07, 6.45) is 0. The van der Waals surface area contributed by atoms with E-state index in [-0.39, 0.29) is 17.5 Å². The lowest BCUT2D eigenvalue weighted by molar-refractivity contribution is 0.444. The summed E-state index contributed by atoms with van der Waals surface area (Å²) in [5.41, 5.74) is 2.82. The van der Waals surface area contributed by atoms with Crippen LogP contribution in [0.25, 0.3) is 11.0 Å². The van der Waals surface area contributed by atoms with E-state index in [1.165, 1.54) is 12.1 Å². The molecule has 0 spiro atoms. The minimum atomic E-state index is -0.213. The van der Waals surface area contributed by atoms with Crippen molar-refractivity contribution < 1.29 is 10.2 Å². The van der Waals surface area contributed by atoms with Crippen molar-refractivity contribution in [3.05, 3.63) is 40.9 Å². The lowest BCUT2D eigenvalue weighted by Crippen LogP contribution is -2.07. The maximum Gasteiger partial charge on any atom is 0.129 e. The van der Waals surface area contributed by atoms with Crippen LogP contribution in [0.2, 0.25) is 5.02 Å². The van der Waals surface area contributed by atoms with Crippen LogP contribution in [0.1, 0.15) is 18.5 Å². The maximum absolute atomic E-state index is 9.92. The molecule has 0 aliphatic rings. The molecule has 0 saturated carbocycles. The van der Waals surface area contributed by atoms with Gasteiger partial charge in [-0.1, -0.05) is 11.6 Å². The third kappa shape index (κ3) is 2.59. The van der Waals surface area contributed by atoms with Crippen LogP contribution in [0.4, 0.5) is 5.69 Å². The first-order chi connectivity index (χ1) is 10.1. The molecule has 3 N–H and O–H groups in total. The van der Waals surface area contributed by atoms with Crippen molar-refractivity contribution in [2.45, 2.75) is 13.0 Å². The molecule has 5 nitrogen and oxygen atoms in total. The zero-order chi connectivity index (χ0) is 15.0. The molecule has 1 atom stereocenters. The van der Waals surface area contributed by atoms with Crippen molar-refractivity contribution >= 4 is 40.0 Å². The smallest absolute Gasteiger partial charge is 0.129 e. The number of phenols is 2. The fraction of sp³-hybridized carbons (Fsp3) is 0.143. The minimum absolute atomic E-state index is 0.0206. The van der Waals surface area contributed by atoms with Gasteiger partial charge in [-0.3, -0.25) is 0 Å². The van der Waals surface area contributed by atoms with Gasteiger partial charge in [0.25, 0.3) is 0 Å². The monoisotopic (exact) mass is 321 g/mol. The third-order valence-corrected chi connectivity index (χ3v) is 4.08. The van der Waals surface area contributed by atoms with E-state index in [2.05, 4.69) is 14.1 Å². The SMILES string of the molecule is CC(Nc1c(Cl)ccc2nsnc12)c1ccc(O)cc1O. The molecule has 1 unspecified atom stereocenters. The number of benzene rings is 2. The van der Waals surface area contributed by atoms with Crippen molar-refractivity contribution in [1.29, 1.82) is 0 Å². The first-order valence-corrected chi connectivity index (χ1v) is 7.36. The fourth-order valence-electron chi connectivity index (χ4n) is 2.16. The van der Waals surface area contributed by atoms with Crippen molar-refractivity contribution in [1.82, 2.24) is 8.75 Å². The Hall–Kier alpha value is -2.05. The number of halogens is 1. The van der Waals surface area contributed by atoms with Crippen LogP contribution in [0, 0.1) is 0 Å². The summed E-state index contributed by atoms with van der Waals surface area (Å²) in [6, 6.07) is 7.86. The quantitative estimate of drug-likeness (QED) is 0.681. The molecule has 0 saturated heterocycles. The number of phenolic OH excluding ortho intramolecular Hbond substituents is 2. The average molecular weight is 322 g/mol. The predicted molar refractivity (Wildman–Crippen MR) is 84.2 cm³/mol. The molecule has 0 fully saturated rings. The molecule has 3 rings (SSSR count). The molecule has 0 aliphatic carbocycles. The summed E-state index contributed by atoms with van der Waals surface area (Å²) in [5.74, 6) is 0.0435. The highest BCUT2D eigenvalue weighted by Crippen LogP contribution is 2.35. The predicted octanol–water partition coefficient (Wildman–Crippen LogP) is 3.93. The Labute approximate surface area is 130 Å². The van der Waals surface area contributed by atoms with Crippen molar-refractivity contribution in [2.75, 3.05) is 5.32 Å². The number of aromatic hydroxyl groups is 2. The number of hydrogen-bond acceptors (Lipinski definition) is 6. The van der Waals surface area contributed by atoms with Gasteiger partial charge in [-0.05, 0) is 31.2 Å². The highest BCUT2D eigenvalue weighted by Gasteiger charge is 2.16. The molecule has 0 bridgehead atoms. The lowest BCUT2D eigenvalue weighted by atomic mass is 10.1. The number of aromatic nitrogens is 2. The Morgan fingerprint density at radius 2 is 2.00 bits per heavy atom. The number of fused-ring (bicyclic) bond motifs is 1. The molecule has 1 aromatic heterocycles. The average Bonchev–Trinajstić information content (AvgIpc) is 2.90.